The van der Waals surface area contributed by atoms with Gasteiger partial charge in [-0.05, 0) is 32.0 Å². The van der Waals surface area contributed by atoms with Crippen molar-refractivity contribution in [1.82, 2.24) is 4.90 Å². The number of likely N-dealkylation sites (tertiary alicyclic amines) is 1. The maximum Gasteiger partial charge on any atom is 0.335 e. The van der Waals surface area contributed by atoms with Gasteiger partial charge in [0.25, 0.3) is 5.91 Å². The first kappa shape index (κ1) is 18.1. The standard InChI is InChI=1S/C17H23NO6/c1-11(2)24-13-5-4-12(10-14(13)23-3)15(19)18-8-6-17(22,7-9-18)16(20)21/h4-5,10-11,22H,6-9H2,1-3H3,(H,20,21). The van der Waals surface area contributed by atoms with Gasteiger partial charge in [-0.3, -0.25) is 4.79 Å². The molecule has 0 saturated carbocycles. The van der Waals surface area contributed by atoms with Gasteiger partial charge in [-0.2, -0.15) is 0 Å². The van der Waals surface area contributed by atoms with E-state index >= 15 is 0 Å². The third-order valence-electron chi connectivity index (χ3n) is 4.05. The highest BCUT2D eigenvalue weighted by molar-refractivity contribution is 5.95. The van der Waals surface area contributed by atoms with Crippen LogP contribution in [-0.4, -0.2) is 58.9 Å². The van der Waals surface area contributed by atoms with Gasteiger partial charge in [0.1, 0.15) is 0 Å². The smallest absolute Gasteiger partial charge is 0.335 e. The lowest BCUT2D eigenvalue weighted by Gasteiger charge is -2.35. The number of benzene rings is 1. The second-order valence-corrected chi connectivity index (χ2v) is 6.16. The molecule has 1 aliphatic rings. The van der Waals surface area contributed by atoms with E-state index in [2.05, 4.69) is 0 Å². The molecule has 1 amide bonds. The molecule has 0 radical (unpaired) electrons. The van der Waals surface area contributed by atoms with Crippen molar-refractivity contribution < 1.29 is 29.3 Å². The van der Waals surface area contributed by atoms with Crippen molar-refractivity contribution in [1.29, 1.82) is 0 Å². The largest absolute Gasteiger partial charge is 0.493 e. The maximum atomic E-state index is 12.6. The molecule has 1 heterocycles. The highest BCUT2D eigenvalue weighted by atomic mass is 16.5. The molecule has 132 valence electrons. The zero-order valence-electron chi connectivity index (χ0n) is 14.1. The number of carboxylic acid groups (broad SMARTS) is 1. The zero-order valence-corrected chi connectivity index (χ0v) is 14.1. The Bertz CT molecular complexity index is 620. The van der Waals surface area contributed by atoms with Crippen LogP contribution in [0.1, 0.15) is 37.0 Å². The second-order valence-electron chi connectivity index (χ2n) is 6.16. The number of nitrogens with zero attached hydrogens (tertiary/aromatic N) is 1. The summed E-state index contributed by atoms with van der Waals surface area (Å²) in [5.74, 6) is -0.445. The van der Waals surface area contributed by atoms with Crippen LogP contribution in [0, 0.1) is 0 Å². The van der Waals surface area contributed by atoms with Crippen molar-refractivity contribution in [2.24, 2.45) is 0 Å². The summed E-state index contributed by atoms with van der Waals surface area (Å²) in [6, 6.07) is 4.95. The Labute approximate surface area is 140 Å². The van der Waals surface area contributed by atoms with Gasteiger partial charge in [-0.15, -0.1) is 0 Å². The van der Waals surface area contributed by atoms with Crippen molar-refractivity contribution in [3.05, 3.63) is 23.8 Å². The van der Waals surface area contributed by atoms with Gasteiger partial charge in [0.15, 0.2) is 17.1 Å². The van der Waals surface area contributed by atoms with Gasteiger partial charge in [-0.25, -0.2) is 4.79 Å². The number of piperidine rings is 1. The van der Waals surface area contributed by atoms with Crippen LogP contribution in [0.15, 0.2) is 18.2 Å². The molecule has 1 aromatic rings. The number of methoxy groups -OCH3 is 1. The number of carbonyl (C=O) groups is 2. The van der Waals surface area contributed by atoms with E-state index in [1.165, 1.54) is 12.0 Å². The summed E-state index contributed by atoms with van der Waals surface area (Å²) in [7, 11) is 1.50. The van der Waals surface area contributed by atoms with E-state index in [0.29, 0.717) is 17.1 Å². The van der Waals surface area contributed by atoms with Crippen molar-refractivity contribution in [2.75, 3.05) is 20.2 Å². The topological polar surface area (TPSA) is 96.3 Å². The molecular formula is C17H23NO6. The number of rotatable bonds is 5. The highest BCUT2D eigenvalue weighted by Gasteiger charge is 2.40. The van der Waals surface area contributed by atoms with Crippen molar-refractivity contribution in [3.8, 4) is 11.5 Å². The monoisotopic (exact) mass is 337 g/mol. The molecule has 1 fully saturated rings. The summed E-state index contributed by atoms with van der Waals surface area (Å²) in [4.78, 5) is 25.2. The third kappa shape index (κ3) is 3.79. The molecule has 0 atom stereocenters. The third-order valence-corrected chi connectivity index (χ3v) is 4.05. The molecule has 7 heteroatoms. The summed E-state index contributed by atoms with van der Waals surface area (Å²) in [6.45, 7) is 4.17. The van der Waals surface area contributed by atoms with Gasteiger partial charge in [0.05, 0.1) is 13.2 Å². The maximum absolute atomic E-state index is 12.6. The van der Waals surface area contributed by atoms with Crippen LogP contribution in [0.3, 0.4) is 0 Å². The number of ether oxygens (including phenoxy) is 2. The molecule has 2 N–H and O–H groups in total. The van der Waals surface area contributed by atoms with E-state index in [-0.39, 0.29) is 37.9 Å². The van der Waals surface area contributed by atoms with Crippen LogP contribution in [-0.2, 0) is 4.79 Å². The zero-order chi connectivity index (χ0) is 17.9. The first-order valence-corrected chi connectivity index (χ1v) is 7.86. The second kappa shape index (κ2) is 7.09. The number of hydrogen-bond donors (Lipinski definition) is 2. The average molecular weight is 337 g/mol. The van der Waals surface area contributed by atoms with E-state index < -0.39 is 11.6 Å². The summed E-state index contributed by atoms with van der Waals surface area (Å²) < 4.78 is 10.9. The summed E-state index contributed by atoms with van der Waals surface area (Å²) in [5.41, 5.74) is -1.31. The fourth-order valence-corrected chi connectivity index (χ4v) is 2.63. The first-order valence-electron chi connectivity index (χ1n) is 7.86. The Morgan fingerprint density at radius 3 is 2.33 bits per heavy atom. The number of aliphatic hydroxyl groups is 1. The lowest BCUT2D eigenvalue weighted by molar-refractivity contribution is -0.162. The molecule has 0 bridgehead atoms. The molecule has 7 nitrogen and oxygen atoms in total. The number of hydrogen-bond acceptors (Lipinski definition) is 5. The number of aliphatic carboxylic acids is 1. The van der Waals surface area contributed by atoms with Crippen LogP contribution in [0.2, 0.25) is 0 Å². The number of carbonyl (C=O) groups excluding carboxylic acids is 1. The Morgan fingerprint density at radius 1 is 1.21 bits per heavy atom. The van der Waals surface area contributed by atoms with Crippen LogP contribution in [0.5, 0.6) is 11.5 Å². The fraction of sp³-hybridized carbons (Fsp3) is 0.529. The van der Waals surface area contributed by atoms with Crippen molar-refractivity contribution in [2.45, 2.75) is 38.4 Å². The molecule has 0 spiro atoms. The SMILES string of the molecule is COc1cc(C(=O)N2CCC(O)(C(=O)O)CC2)ccc1OC(C)C. The minimum atomic E-state index is -1.75. The van der Waals surface area contributed by atoms with Crippen LogP contribution >= 0.6 is 0 Å². The van der Waals surface area contributed by atoms with E-state index in [1.54, 1.807) is 18.2 Å². The number of carboxylic acids is 1. The first-order chi connectivity index (χ1) is 11.3. The van der Waals surface area contributed by atoms with Gasteiger partial charge in [-0.1, -0.05) is 0 Å². The molecule has 0 unspecified atom stereocenters. The lowest BCUT2D eigenvalue weighted by Crippen LogP contribution is -2.50. The Kier molecular flexibility index (Phi) is 5.33. The fourth-order valence-electron chi connectivity index (χ4n) is 2.63. The molecule has 0 aliphatic carbocycles. The molecule has 2 rings (SSSR count). The summed E-state index contributed by atoms with van der Waals surface area (Å²) >= 11 is 0. The normalized spacial score (nSPS) is 16.8. The Hall–Kier alpha value is -2.28. The quantitative estimate of drug-likeness (QED) is 0.846. The van der Waals surface area contributed by atoms with Gasteiger partial charge in [0, 0.05) is 31.5 Å². The van der Waals surface area contributed by atoms with Crippen molar-refractivity contribution >= 4 is 11.9 Å². The minimum Gasteiger partial charge on any atom is -0.493 e. The van der Waals surface area contributed by atoms with E-state index in [1.807, 2.05) is 13.8 Å². The summed E-state index contributed by atoms with van der Waals surface area (Å²) in [5, 5.41) is 19.0. The van der Waals surface area contributed by atoms with Gasteiger partial charge < -0.3 is 24.6 Å². The van der Waals surface area contributed by atoms with E-state index in [0.717, 1.165) is 0 Å². The van der Waals surface area contributed by atoms with Crippen LogP contribution < -0.4 is 9.47 Å². The molecule has 24 heavy (non-hydrogen) atoms. The molecule has 1 aromatic carbocycles. The number of amides is 1. The Morgan fingerprint density at radius 2 is 1.83 bits per heavy atom. The van der Waals surface area contributed by atoms with Gasteiger partial charge in [0.2, 0.25) is 0 Å². The predicted molar refractivity (Wildman–Crippen MR) is 86.5 cm³/mol. The van der Waals surface area contributed by atoms with Crippen LogP contribution in [0.4, 0.5) is 0 Å². The Balaban J connectivity index is 2.12. The lowest BCUT2D eigenvalue weighted by atomic mass is 9.91. The average Bonchev–Trinajstić information content (AvgIpc) is 2.54. The molecular weight excluding hydrogens is 314 g/mol. The summed E-state index contributed by atoms with van der Waals surface area (Å²) in [6.07, 6.45) is 0.00992. The molecule has 0 aromatic heterocycles. The molecule has 1 saturated heterocycles. The highest BCUT2D eigenvalue weighted by Crippen LogP contribution is 2.30. The van der Waals surface area contributed by atoms with E-state index in [4.69, 9.17) is 14.6 Å². The van der Waals surface area contributed by atoms with E-state index in [9.17, 15) is 14.7 Å². The molecule has 1 aliphatic heterocycles. The minimum absolute atomic E-state index is 0.0136. The van der Waals surface area contributed by atoms with Gasteiger partial charge >= 0.3 is 5.97 Å². The van der Waals surface area contributed by atoms with Crippen LogP contribution in [0.25, 0.3) is 0 Å². The van der Waals surface area contributed by atoms with Crippen molar-refractivity contribution in [3.63, 3.8) is 0 Å². The predicted octanol–water partition coefficient (Wildman–Crippen LogP) is 1.53.